The molecular formula is C20H25ClN2O7S. The highest BCUT2D eigenvalue weighted by Gasteiger charge is 2.58. The van der Waals surface area contributed by atoms with Crippen LogP contribution in [0.4, 0.5) is 0 Å². The second kappa shape index (κ2) is 9.88. The molecule has 2 rings (SSSR count). The minimum absolute atomic E-state index is 0.307. The normalized spacial score (nSPS) is 27.8. The van der Waals surface area contributed by atoms with E-state index in [0.29, 0.717) is 10.6 Å². The number of thioether (sulfide) groups is 1. The monoisotopic (exact) mass is 472 g/mol. The third-order valence-electron chi connectivity index (χ3n) is 4.68. The minimum atomic E-state index is -1.38. The Kier molecular flexibility index (Phi) is 7.96. The number of carbonyl (C=O) groups excluding carboxylic acids is 3. The molecule has 1 heterocycles. The van der Waals surface area contributed by atoms with Gasteiger partial charge in [0.05, 0.1) is 0 Å². The molecule has 0 amide bonds. The van der Waals surface area contributed by atoms with Gasteiger partial charge in [-0.2, -0.15) is 0 Å². The Labute approximate surface area is 189 Å². The number of hydrogen-bond donors (Lipinski definition) is 2. The fourth-order valence-electron chi connectivity index (χ4n) is 3.36. The standard InChI is InChI=1S/C20H25ClN2O7S/c1-9-6-7-13(8-14(9)21)20(5)17(29-12(4)26)15(27-10(2)24)16(28-11(3)25)18(30-20)31-19(22)23/h6-8,15-18H,1-5H3,(H3,22,23)/t15-,16-,17+,18+,20-/m0/s1. The average Bonchev–Trinajstić information content (AvgIpc) is 2.62. The van der Waals surface area contributed by atoms with Crippen molar-refractivity contribution in [3.8, 4) is 0 Å². The number of benzene rings is 1. The highest BCUT2D eigenvalue weighted by atomic mass is 35.5. The Hall–Kier alpha value is -2.30. The molecule has 0 aliphatic carbocycles. The molecule has 0 aromatic heterocycles. The molecule has 1 aliphatic rings. The third-order valence-corrected chi connectivity index (χ3v) is 5.94. The highest BCUT2D eigenvalue weighted by molar-refractivity contribution is 8.14. The second-order valence-corrected chi connectivity index (χ2v) is 8.76. The van der Waals surface area contributed by atoms with Crippen LogP contribution >= 0.6 is 23.4 Å². The van der Waals surface area contributed by atoms with Crippen LogP contribution in [-0.4, -0.2) is 46.8 Å². The van der Waals surface area contributed by atoms with Crippen LogP contribution in [0.2, 0.25) is 5.02 Å². The first-order valence-corrected chi connectivity index (χ1v) is 10.6. The van der Waals surface area contributed by atoms with Gasteiger partial charge < -0.3 is 24.7 Å². The molecule has 9 nitrogen and oxygen atoms in total. The largest absolute Gasteiger partial charge is 0.455 e. The zero-order valence-electron chi connectivity index (χ0n) is 17.8. The van der Waals surface area contributed by atoms with E-state index >= 15 is 0 Å². The van der Waals surface area contributed by atoms with E-state index in [4.69, 9.17) is 41.7 Å². The van der Waals surface area contributed by atoms with Gasteiger partial charge in [-0.15, -0.1) is 0 Å². The van der Waals surface area contributed by atoms with Gasteiger partial charge >= 0.3 is 17.9 Å². The molecule has 1 aliphatic heterocycles. The summed E-state index contributed by atoms with van der Waals surface area (Å²) < 4.78 is 22.6. The van der Waals surface area contributed by atoms with E-state index in [1.807, 2.05) is 6.92 Å². The third kappa shape index (κ3) is 5.90. The van der Waals surface area contributed by atoms with Crippen molar-refractivity contribution in [2.45, 2.75) is 64.0 Å². The maximum Gasteiger partial charge on any atom is 0.303 e. The highest BCUT2D eigenvalue weighted by Crippen LogP contribution is 2.45. The lowest BCUT2D eigenvalue weighted by Gasteiger charge is -2.50. The van der Waals surface area contributed by atoms with Crippen molar-refractivity contribution in [3.05, 3.63) is 34.3 Å². The Balaban J connectivity index is 2.69. The van der Waals surface area contributed by atoms with Crippen LogP contribution in [0.15, 0.2) is 18.2 Å². The van der Waals surface area contributed by atoms with E-state index in [9.17, 15) is 14.4 Å². The molecule has 1 aromatic carbocycles. The maximum atomic E-state index is 12.0. The lowest BCUT2D eigenvalue weighted by Crippen LogP contribution is -2.64. The van der Waals surface area contributed by atoms with E-state index < -0.39 is 47.3 Å². The Morgan fingerprint density at radius 1 is 1.10 bits per heavy atom. The van der Waals surface area contributed by atoms with Gasteiger partial charge in [0.1, 0.15) is 5.60 Å². The summed E-state index contributed by atoms with van der Waals surface area (Å²) in [6.07, 6.45) is -3.63. The zero-order chi connectivity index (χ0) is 23.5. The van der Waals surface area contributed by atoms with Gasteiger partial charge in [-0.25, -0.2) is 0 Å². The molecule has 170 valence electrons. The number of amidine groups is 1. The average molecular weight is 473 g/mol. The predicted octanol–water partition coefficient (Wildman–Crippen LogP) is 2.64. The fourth-order valence-corrected chi connectivity index (χ4v) is 4.38. The number of ether oxygens (including phenoxy) is 4. The fraction of sp³-hybridized carbons (Fsp3) is 0.500. The SMILES string of the molecule is CC(=O)O[C@H]1[C@H](OC(C)=O)[C@@H](OC(C)=O)[C@](C)(c2ccc(C)c(Cl)c2)O[C@@H]1SC(=N)N. The number of nitrogens with two attached hydrogens (primary N) is 1. The Morgan fingerprint density at radius 3 is 2.13 bits per heavy atom. The van der Waals surface area contributed by atoms with E-state index in [0.717, 1.165) is 17.3 Å². The molecule has 31 heavy (non-hydrogen) atoms. The summed E-state index contributed by atoms with van der Waals surface area (Å²) in [6.45, 7) is 7.01. The van der Waals surface area contributed by atoms with Gasteiger partial charge in [0.25, 0.3) is 0 Å². The molecule has 11 heteroatoms. The summed E-state index contributed by atoms with van der Waals surface area (Å²) in [5, 5.41) is 7.82. The molecule has 0 saturated carbocycles. The molecule has 3 N–H and O–H groups in total. The van der Waals surface area contributed by atoms with E-state index in [1.54, 1.807) is 25.1 Å². The van der Waals surface area contributed by atoms with Gasteiger partial charge in [0.2, 0.25) is 0 Å². The second-order valence-electron chi connectivity index (χ2n) is 7.22. The van der Waals surface area contributed by atoms with Crippen LogP contribution in [0.25, 0.3) is 0 Å². The molecule has 0 unspecified atom stereocenters. The van der Waals surface area contributed by atoms with Crippen LogP contribution < -0.4 is 5.73 Å². The van der Waals surface area contributed by atoms with Crippen molar-refractivity contribution in [1.29, 1.82) is 5.41 Å². The van der Waals surface area contributed by atoms with Gasteiger partial charge in [-0.3, -0.25) is 19.8 Å². The van der Waals surface area contributed by atoms with Crippen LogP contribution in [0.3, 0.4) is 0 Å². The lowest BCUT2D eigenvalue weighted by molar-refractivity contribution is -0.263. The minimum Gasteiger partial charge on any atom is -0.455 e. The number of aryl methyl sites for hydroxylation is 1. The van der Waals surface area contributed by atoms with Gasteiger partial charge in [0, 0.05) is 25.8 Å². The number of esters is 3. The summed E-state index contributed by atoms with van der Waals surface area (Å²) in [7, 11) is 0. The number of halogens is 1. The Bertz CT molecular complexity index is 896. The summed E-state index contributed by atoms with van der Waals surface area (Å²) in [4.78, 5) is 35.7. The van der Waals surface area contributed by atoms with Gasteiger partial charge in [0.15, 0.2) is 28.9 Å². The quantitative estimate of drug-likeness (QED) is 0.286. The molecule has 0 spiro atoms. The summed E-state index contributed by atoms with van der Waals surface area (Å²) in [5.74, 6) is -2.02. The van der Waals surface area contributed by atoms with Gasteiger partial charge in [-0.1, -0.05) is 35.5 Å². The summed E-state index contributed by atoms with van der Waals surface area (Å²) in [6, 6.07) is 5.16. The van der Waals surface area contributed by atoms with Crippen molar-refractivity contribution in [2.24, 2.45) is 5.73 Å². The molecule has 0 radical (unpaired) electrons. The van der Waals surface area contributed by atoms with Crippen LogP contribution in [0.5, 0.6) is 0 Å². The van der Waals surface area contributed by atoms with Crippen molar-refractivity contribution in [2.75, 3.05) is 0 Å². The zero-order valence-corrected chi connectivity index (χ0v) is 19.3. The first-order valence-electron chi connectivity index (χ1n) is 9.32. The van der Waals surface area contributed by atoms with Crippen molar-refractivity contribution < 1.29 is 33.3 Å². The summed E-state index contributed by atoms with van der Waals surface area (Å²) in [5.41, 5.74) is 4.49. The van der Waals surface area contributed by atoms with Crippen LogP contribution in [0.1, 0.15) is 38.8 Å². The van der Waals surface area contributed by atoms with Crippen molar-refractivity contribution >= 4 is 46.4 Å². The van der Waals surface area contributed by atoms with Crippen molar-refractivity contribution in [3.63, 3.8) is 0 Å². The molecule has 1 saturated heterocycles. The number of nitrogens with one attached hydrogen (secondary N) is 1. The van der Waals surface area contributed by atoms with Crippen molar-refractivity contribution in [1.82, 2.24) is 0 Å². The number of carbonyl (C=O) groups is 3. The molecule has 5 atom stereocenters. The summed E-state index contributed by atoms with van der Waals surface area (Å²) >= 11 is 7.09. The first-order chi connectivity index (χ1) is 14.3. The van der Waals surface area contributed by atoms with E-state index in [2.05, 4.69) is 0 Å². The maximum absolute atomic E-state index is 12.0. The van der Waals surface area contributed by atoms with E-state index in [1.165, 1.54) is 20.8 Å². The van der Waals surface area contributed by atoms with E-state index in [-0.39, 0.29) is 5.17 Å². The molecular weight excluding hydrogens is 448 g/mol. The van der Waals surface area contributed by atoms with Crippen LogP contribution in [0, 0.1) is 12.3 Å². The predicted molar refractivity (Wildman–Crippen MR) is 115 cm³/mol. The number of rotatable bonds is 5. The molecule has 1 fully saturated rings. The smallest absolute Gasteiger partial charge is 0.303 e. The lowest BCUT2D eigenvalue weighted by atomic mass is 9.82. The molecule has 1 aromatic rings. The topological polar surface area (TPSA) is 138 Å². The Morgan fingerprint density at radius 2 is 1.65 bits per heavy atom. The van der Waals surface area contributed by atoms with Crippen LogP contribution in [-0.2, 0) is 38.9 Å². The number of hydrogen-bond acceptors (Lipinski definition) is 9. The first kappa shape index (κ1) is 25.0. The van der Waals surface area contributed by atoms with Gasteiger partial charge in [-0.05, 0) is 31.0 Å². The molecule has 0 bridgehead atoms.